The monoisotopic (exact) mass is 221 g/mol. The highest BCUT2D eigenvalue weighted by molar-refractivity contribution is 8.18. The number of nitrogens with one attached hydrogen (secondary N) is 1. The van der Waals surface area contributed by atoms with Crippen LogP contribution in [0.25, 0.3) is 6.08 Å². The first-order valence-electron chi connectivity index (χ1n) is 4.21. The highest BCUT2D eigenvalue weighted by Crippen LogP contribution is 2.22. The molecule has 15 heavy (non-hydrogen) atoms. The Morgan fingerprint density at radius 1 is 1.40 bits per heavy atom. The van der Waals surface area contributed by atoms with Gasteiger partial charge in [0.15, 0.2) is 0 Å². The molecule has 1 N–H and O–H groups in total. The van der Waals surface area contributed by atoms with E-state index in [4.69, 9.17) is 4.42 Å². The van der Waals surface area contributed by atoms with Gasteiger partial charge >= 0.3 is 0 Å². The molecular weight excluding hydrogens is 214 g/mol. The van der Waals surface area contributed by atoms with Crippen molar-refractivity contribution in [3.05, 3.63) is 41.2 Å². The first kappa shape index (κ1) is 9.79. The number of imide groups is 1. The minimum absolute atomic E-state index is 0.336. The zero-order valence-electron chi connectivity index (χ0n) is 7.60. The fraction of sp³-hybridized carbons (Fsp3) is 0. The van der Waals surface area contributed by atoms with Gasteiger partial charge in [-0.05, 0) is 36.0 Å². The number of thioether (sulfide) groups is 1. The molecule has 0 aliphatic carbocycles. The van der Waals surface area contributed by atoms with Crippen LogP contribution in [-0.4, -0.2) is 11.1 Å². The fourth-order valence-electron chi connectivity index (χ4n) is 1.05. The average Bonchev–Trinajstić information content (AvgIpc) is 2.77. The van der Waals surface area contributed by atoms with Crippen LogP contribution in [0.3, 0.4) is 0 Å². The number of allylic oxidation sites excluding steroid dienone is 2. The molecule has 1 saturated heterocycles. The number of hydrogen-bond acceptors (Lipinski definition) is 4. The van der Waals surface area contributed by atoms with Crippen LogP contribution in [0.5, 0.6) is 0 Å². The van der Waals surface area contributed by atoms with Crippen molar-refractivity contribution in [3.63, 3.8) is 0 Å². The molecule has 1 aromatic heterocycles. The molecule has 2 heterocycles. The van der Waals surface area contributed by atoms with E-state index in [1.165, 1.54) is 0 Å². The van der Waals surface area contributed by atoms with E-state index in [0.717, 1.165) is 11.8 Å². The first-order valence-corrected chi connectivity index (χ1v) is 5.02. The third-order valence-electron chi connectivity index (χ3n) is 1.69. The van der Waals surface area contributed by atoms with Crippen molar-refractivity contribution in [2.45, 2.75) is 0 Å². The van der Waals surface area contributed by atoms with Crippen LogP contribution in [0.2, 0.25) is 0 Å². The second-order valence-electron chi connectivity index (χ2n) is 2.75. The zero-order valence-corrected chi connectivity index (χ0v) is 8.41. The van der Waals surface area contributed by atoms with E-state index in [0.29, 0.717) is 10.7 Å². The molecule has 0 unspecified atom stereocenters. The SMILES string of the molecule is O=C1NC(=O)C(=CC=Cc2ccco2)S1. The predicted molar refractivity (Wildman–Crippen MR) is 57.0 cm³/mol. The summed E-state index contributed by atoms with van der Waals surface area (Å²) in [6, 6.07) is 3.56. The van der Waals surface area contributed by atoms with Gasteiger partial charge in [-0.1, -0.05) is 6.08 Å². The summed E-state index contributed by atoms with van der Waals surface area (Å²) in [5.74, 6) is 0.343. The molecule has 0 radical (unpaired) electrons. The van der Waals surface area contributed by atoms with Gasteiger partial charge in [0.25, 0.3) is 11.1 Å². The number of furan rings is 1. The van der Waals surface area contributed by atoms with Crippen molar-refractivity contribution < 1.29 is 14.0 Å². The van der Waals surface area contributed by atoms with E-state index in [1.807, 2.05) is 0 Å². The van der Waals surface area contributed by atoms with Crippen molar-refractivity contribution in [1.82, 2.24) is 5.32 Å². The molecule has 0 spiro atoms. The summed E-state index contributed by atoms with van der Waals surface area (Å²) in [6.07, 6.45) is 6.52. The molecule has 76 valence electrons. The Hall–Kier alpha value is -1.75. The Kier molecular flexibility index (Phi) is 2.73. The highest BCUT2D eigenvalue weighted by Gasteiger charge is 2.24. The zero-order chi connectivity index (χ0) is 10.7. The van der Waals surface area contributed by atoms with Crippen LogP contribution in [0.4, 0.5) is 4.79 Å². The van der Waals surface area contributed by atoms with Gasteiger partial charge in [-0.2, -0.15) is 0 Å². The normalized spacial score (nSPS) is 19.1. The summed E-state index contributed by atoms with van der Waals surface area (Å²) < 4.78 is 5.06. The minimum atomic E-state index is -0.353. The van der Waals surface area contributed by atoms with Gasteiger partial charge in [-0.15, -0.1) is 0 Å². The van der Waals surface area contributed by atoms with Gasteiger partial charge < -0.3 is 4.42 Å². The van der Waals surface area contributed by atoms with Crippen LogP contribution in [0.1, 0.15) is 5.76 Å². The summed E-state index contributed by atoms with van der Waals surface area (Å²) in [6.45, 7) is 0. The quantitative estimate of drug-likeness (QED) is 0.777. The van der Waals surface area contributed by atoms with Gasteiger partial charge in [0.05, 0.1) is 11.2 Å². The third kappa shape index (κ3) is 2.38. The lowest BCUT2D eigenvalue weighted by atomic mass is 10.3. The topological polar surface area (TPSA) is 59.3 Å². The minimum Gasteiger partial charge on any atom is -0.465 e. The number of carbonyl (C=O) groups is 2. The van der Waals surface area contributed by atoms with E-state index in [2.05, 4.69) is 5.32 Å². The van der Waals surface area contributed by atoms with Crippen molar-refractivity contribution in [3.8, 4) is 0 Å². The smallest absolute Gasteiger partial charge is 0.290 e. The van der Waals surface area contributed by atoms with Crippen LogP contribution in [0.15, 0.2) is 39.9 Å². The molecule has 2 rings (SSSR count). The Bertz CT molecular complexity index is 445. The Balaban J connectivity index is 2.06. The van der Waals surface area contributed by atoms with Crippen LogP contribution < -0.4 is 5.32 Å². The summed E-state index contributed by atoms with van der Waals surface area (Å²) in [5.41, 5.74) is 0. The van der Waals surface area contributed by atoms with Gasteiger partial charge in [0, 0.05) is 0 Å². The fourth-order valence-corrected chi connectivity index (χ4v) is 1.69. The van der Waals surface area contributed by atoms with E-state index in [-0.39, 0.29) is 11.1 Å². The average molecular weight is 221 g/mol. The summed E-state index contributed by atoms with van der Waals surface area (Å²) in [5, 5.41) is 1.83. The first-order chi connectivity index (χ1) is 7.25. The van der Waals surface area contributed by atoms with Crippen molar-refractivity contribution >= 4 is 29.0 Å². The lowest BCUT2D eigenvalue weighted by molar-refractivity contribution is -0.115. The number of hydrogen-bond donors (Lipinski definition) is 1. The number of amides is 2. The Labute approximate surface area is 90.0 Å². The number of carbonyl (C=O) groups excluding carboxylic acids is 2. The van der Waals surface area contributed by atoms with E-state index in [1.54, 1.807) is 36.6 Å². The molecule has 5 heteroatoms. The number of rotatable bonds is 2. The second kappa shape index (κ2) is 4.18. The molecule has 1 aromatic rings. The molecule has 0 atom stereocenters. The van der Waals surface area contributed by atoms with E-state index in [9.17, 15) is 9.59 Å². The van der Waals surface area contributed by atoms with E-state index >= 15 is 0 Å². The van der Waals surface area contributed by atoms with Crippen molar-refractivity contribution in [1.29, 1.82) is 0 Å². The van der Waals surface area contributed by atoms with Crippen LogP contribution in [-0.2, 0) is 4.79 Å². The second-order valence-corrected chi connectivity index (χ2v) is 3.76. The molecule has 4 nitrogen and oxygen atoms in total. The lowest BCUT2D eigenvalue weighted by Gasteiger charge is -1.85. The van der Waals surface area contributed by atoms with E-state index < -0.39 is 0 Å². The predicted octanol–water partition coefficient (Wildman–Crippen LogP) is 2.16. The maximum atomic E-state index is 11.1. The molecule has 1 aliphatic heterocycles. The van der Waals surface area contributed by atoms with Gasteiger partial charge in [0.1, 0.15) is 5.76 Å². The molecule has 0 aromatic carbocycles. The van der Waals surface area contributed by atoms with Crippen molar-refractivity contribution in [2.24, 2.45) is 0 Å². The molecule has 1 aliphatic rings. The van der Waals surface area contributed by atoms with Gasteiger partial charge in [-0.25, -0.2) is 0 Å². The standard InChI is InChI=1S/C10H7NO3S/c12-9-8(15-10(13)11-9)5-1-3-7-4-2-6-14-7/h1-6H,(H,11,12,13). The molecule has 0 saturated carbocycles. The van der Waals surface area contributed by atoms with Crippen LogP contribution >= 0.6 is 11.8 Å². The largest absolute Gasteiger partial charge is 0.465 e. The van der Waals surface area contributed by atoms with Crippen molar-refractivity contribution in [2.75, 3.05) is 0 Å². The Morgan fingerprint density at radius 3 is 2.87 bits per heavy atom. The third-order valence-corrected chi connectivity index (χ3v) is 2.52. The summed E-state index contributed by atoms with van der Waals surface area (Å²) in [4.78, 5) is 22.3. The maximum absolute atomic E-state index is 11.1. The molecular formula is C10H7NO3S. The van der Waals surface area contributed by atoms with Gasteiger partial charge in [0.2, 0.25) is 0 Å². The Morgan fingerprint density at radius 2 is 2.27 bits per heavy atom. The van der Waals surface area contributed by atoms with Gasteiger partial charge in [-0.3, -0.25) is 14.9 Å². The molecule has 0 bridgehead atoms. The molecule has 2 amide bonds. The van der Waals surface area contributed by atoms with Crippen LogP contribution in [0, 0.1) is 0 Å². The lowest BCUT2D eigenvalue weighted by Crippen LogP contribution is -2.17. The highest BCUT2D eigenvalue weighted by atomic mass is 32.2. The maximum Gasteiger partial charge on any atom is 0.290 e. The summed E-state index contributed by atoms with van der Waals surface area (Å²) >= 11 is 0.891. The molecule has 1 fully saturated rings. The summed E-state index contributed by atoms with van der Waals surface area (Å²) in [7, 11) is 0.